The number of nitrogens with one attached hydrogen (secondary N) is 2. The summed E-state index contributed by atoms with van der Waals surface area (Å²) in [4.78, 5) is 29.2. The first-order valence-corrected chi connectivity index (χ1v) is 13.5. The number of halogens is 1. The SMILES string of the molecule is CCOCCOCCCCC(=O)N[C@H]1CCC[C@@H](n2ccc3cnc(-c4c[nH]c5ncc(F)cc45)nc32)C1. The van der Waals surface area contributed by atoms with Gasteiger partial charge in [0.2, 0.25) is 5.91 Å². The van der Waals surface area contributed by atoms with E-state index in [-0.39, 0.29) is 18.0 Å². The molecule has 4 aromatic rings. The molecule has 0 spiro atoms. The van der Waals surface area contributed by atoms with Crippen molar-refractivity contribution in [2.24, 2.45) is 0 Å². The summed E-state index contributed by atoms with van der Waals surface area (Å²) >= 11 is 0. The van der Waals surface area contributed by atoms with Gasteiger partial charge >= 0.3 is 0 Å². The standard InChI is InChI=1S/C28H35FN6O3/c1-2-37-12-13-38-11-4-3-8-25(36)33-21-6-5-7-22(15-21)35-10-9-19-16-30-27(34-28(19)35)24-18-32-26-23(24)14-20(29)17-31-26/h9-10,14,16-18,21-22H,2-8,11-13,15H2,1H3,(H,31,32)(H,33,36)/t21-,22+/m0/s1. The van der Waals surface area contributed by atoms with Crippen LogP contribution in [0.2, 0.25) is 0 Å². The van der Waals surface area contributed by atoms with Crippen LogP contribution in [-0.2, 0) is 14.3 Å². The lowest BCUT2D eigenvalue weighted by Gasteiger charge is -2.31. The molecule has 1 fully saturated rings. The number of hydrogen-bond donors (Lipinski definition) is 2. The summed E-state index contributed by atoms with van der Waals surface area (Å²) < 4.78 is 26.8. The van der Waals surface area contributed by atoms with Gasteiger partial charge in [0.15, 0.2) is 5.82 Å². The number of carbonyl (C=O) groups excluding carboxylic acids is 1. The van der Waals surface area contributed by atoms with Crippen molar-refractivity contribution in [3.05, 3.63) is 42.7 Å². The van der Waals surface area contributed by atoms with E-state index in [1.54, 1.807) is 6.20 Å². The normalized spacial score (nSPS) is 17.8. The fourth-order valence-electron chi connectivity index (χ4n) is 5.23. The Morgan fingerprint density at radius 3 is 2.97 bits per heavy atom. The summed E-state index contributed by atoms with van der Waals surface area (Å²) in [5.74, 6) is 0.231. The lowest BCUT2D eigenvalue weighted by atomic mass is 9.90. The second kappa shape index (κ2) is 12.4. The highest BCUT2D eigenvalue weighted by Crippen LogP contribution is 2.33. The third-order valence-corrected chi connectivity index (χ3v) is 7.12. The molecule has 10 heteroatoms. The number of fused-ring (bicyclic) bond motifs is 2. The van der Waals surface area contributed by atoms with Crippen LogP contribution in [0, 0.1) is 5.82 Å². The topological polar surface area (TPSA) is 107 Å². The fraction of sp³-hybridized carbons (Fsp3) is 0.500. The molecule has 0 bridgehead atoms. The van der Waals surface area contributed by atoms with Gasteiger partial charge in [0.25, 0.3) is 0 Å². The minimum Gasteiger partial charge on any atom is -0.379 e. The van der Waals surface area contributed by atoms with Crippen molar-refractivity contribution in [3.8, 4) is 11.4 Å². The summed E-state index contributed by atoms with van der Waals surface area (Å²) in [7, 11) is 0. The van der Waals surface area contributed by atoms with Crippen LogP contribution in [0.5, 0.6) is 0 Å². The van der Waals surface area contributed by atoms with Gasteiger partial charge in [-0.25, -0.2) is 19.3 Å². The molecule has 0 aliphatic heterocycles. The number of aromatic nitrogens is 5. The number of unbranched alkanes of at least 4 members (excludes halogenated alkanes) is 1. The van der Waals surface area contributed by atoms with Crippen molar-refractivity contribution in [1.82, 2.24) is 29.8 Å². The largest absolute Gasteiger partial charge is 0.379 e. The molecule has 2 atom stereocenters. The van der Waals surface area contributed by atoms with Crippen molar-refractivity contribution in [3.63, 3.8) is 0 Å². The summed E-state index contributed by atoms with van der Waals surface area (Å²) in [5, 5.41) is 4.85. The summed E-state index contributed by atoms with van der Waals surface area (Å²) in [5.41, 5.74) is 2.16. The first-order chi connectivity index (χ1) is 18.6. The summed E-state index contributed by atoms with van der Waals surface area (Å²) in [6.45, 7) is 4.53. The molecule has 9 nitrogen and oxygen atoms in total. The molecule has 38 heavy (non-hydrogen) atoms. The Balaban J connectivity index is 1.20. The number of rotatable bonds is 12. The van der Waals surface area contributed by atoms with Gasteiger partial charge in [0.05, 0.1) is 19.4 Å². The number of H-pyrrole nitrogens is 1. The van der Waals surface area contributed by atoms with E-state index in [1.807, 2.05) is 19.2 Å². The number of aromatic amines is 1. The van der Waals surface area contributed by atoms with E-state index < -0.39 is 5.82 Å². The lowest BCUT2D eigenvalue weighted by molar-refractivity contribution is -0.122. The molecule has 0 unspecified atom stereocenters. The number of amides is 1. The predicted octanol–water partition coefficient (Wildman–Crippen LogP) is 4.94. The molecule has 1 saturated carbocycles. The van der Waals surface area contributed by atoms with Gasteiger partial charge in [-0.05, 0) is 57.6 Å². The molecule has 1 aliphatic rings. The highest BCUT2D eigenvalue weighted by Gasteiger charge is 2.26. The minimum atomic E-state index is -0.399. The Kier molecular flexibility index (Phi) is 8.60. The van der Waals surface area contributed by atoms with Crippen LogP contribution in [0.3, 0.4) is 0 Å². The van der Waals surface area contributed by atoms with E-state index in [4.69, 9.17) is 14.5 Å². The highest BCUT2D eigenvalue weighted by atomic mass is 19.1. The van der Waals surface area contributed by atoms with E-state index in [0.29, 0.717) is 49.7 Å². The number of carbonyl (C=O) groups is 1. The minimum absolute atomic E-state index is 0.104. The van der Waals surface area contributed by atoms with Gasteiger partial charge in [-0.2, -0.15) is 0 Å². The Hall–Kier alpha value is -3.37. The maximum Gasteiger partial charge on any atom is 0.220 e. The molecule has 4 aromatic heterocycles. The maximum atomic E-state index is 13.8. The van der Waals surface area contributed by atoms with E-state index >= 15 is 0 Å². The predicted molar refractivity (Wildman–Crippen MR) is 143 cm³/mol. The summed E-state index contributed by atoms with van der Waals surface area (Å²) in [6.07, 6.45) is 12.9. The molecule has 1 amide bonds. The van der Waals surface area contributed by atoms with Gasteiger partial charge in [0.1, 0.15) is 17.1 Å². The number of hydrogen-bond acceptors (Lipinski definition) is 6. The van der Waals surface area contributed by atoms with Crippen LogP contribution in [-0.4, -0.2) is 62.9 Å². The van der Waals surface area contributed by atoms with E-state index in [0.717, 1.165) is 55.1 Å². The van der Waals surface area contributed by atoms with E-state index in [2.05, 4.69) is 31.0 Å². The third-order valence-electron chi connectivity index (χ3n) is 7.12. The molecular formula is C28H35FN6O3. The molecule has 202 valence electrons. The quantitative estimate of drug-likeness (QED) is 0.255. The molecule has 0 radical (unpaired) electrons. The van der Waals surface area contributed by atoms with Gasteiger partial charge in [0, 0.05) is 66.6 Å². The second-order valence-electron chi connectivity index (χ2n) is 9.80. The average molecular weight is 523 g/mol. The van der Waals surface area contributed by atoms with Crippen LogP contribution < -0.4 is 5.32 Å². The molecule has 1 aliphatic carbocycles. The van der Waals surface area contributed by atoms with Crippen molar-refractivity contribution >= 4 is 28.0 Å². The first kappa shape index (κ1) is 26.2. The van der Waals surface area contributed by atoms with Crippen molar-refractivity contribution in [1.29, 1.82) is 0 Å². The van der Waals surface area contributed by atoms with Crippen LogP contribution in [0.1, 0.15) is 57.9 Å². The third kappa shape index (κ3) is 6.19. The van der Waals surface area contributed by atoms with Crippen LogP contribution >= 0.6 is 0 Å². The van der Waals surface area contributed by atoms with Crippen LogP contribution in [0.15, 0.2) is 36.9 Å². The number of ether oxygens (including phenoxy) is 2. The Morgan fingerprint density at radius 2 is 2.08 bits per heavy atom. The second-order valence-corrected chi connectivity index (χ2v) is 9.80. The van der Waals surface area contributed by atoms with Crippen LogP contribution in [0.25, 0.3) is 33.5 Å². The average Bonchev–Trinajstić information content (AvgIpc) is 3.54. The van der Waals surface area contributed by atoms with Gasteiger partial charge in [-0.15, -0.1) is 0 Å². The molecule has 0 saturated heterocycles. The van der Waals surface area contributed by atoms with Gasteiger partial charge in [-0.3, -0.25) is 4.79 Å². The maximum absolute atomic E-state index is 13.8. The lowest BCUT2D eigenvalue weighted by Crippen LogP contribution is -2.38. The zero-order valence-electron chi connectivity index (χ0n) is 21.8. The zero-order valence-corrected chi connectivity index (χ0v) is 21.8. The Bertz CT molecular complexity index is 1370. The molecule has 5 rings (SSSR count). The molecule has 0 aromatic carbocycles. The van der Waals surface area contributed by atoms with E-state index in [1.165, 1.54) is 12.3 Å². The van der Waals surface area contributed by atoms with Crippen molar-refractivity contribution in [2.75, 3.05) is 26.4 Å². The number of nitrogens with zero attached hydrogens (tertiary/aromatic N) is 4. The Morgan fingerprint density at radius 1 is 1.18 bits per heavy atom. The van der Waals surface area contributed by atoms with Crippen LogP contribution in [0.4, 0.5) is 4.39 Å². The van der Waals surface area contributed by atoms with Gasteiger partial charge in [-0.1, -0.05) is 0 Å². The Labute approximate surface area is 221 Å². The smallest absolute Gasteiger partial charge is 0.220 e. The molecule has 4 heterocycles. The molecular weight excluding hydrogens is 487 g/mol. The van der Waals surface area contributed by atoms with Crippen molar-refractivity contribution < 1.29 is 18.7 Å². The highest BCUT2D eigenvalue weighted by molar-refractivity contribution is 5.92. The first-order valence-electron chi connectivity index (χ1n) is 13.5. The van der Waals surface area contributed by atoms with E-state index in [9.17, 15) is 9.18 Å². The monoisotopic (exact) mass is 522 g/mol. The summed E-state index contributed by atoms with van der Waals surface area (Å²) in [6, 6.07) is 3.85. The zero-order chi connectivity index (χ0) is 26.3. The fourth-order valence-corrected chi connectivity index (χ4v) is 5.23. The van der Waals surface area contributed by atoms with Gasteiger partial charge < -0.3 is 24.3 Å². The van der Waals surface area contributed by atoms with Crippen molar-refractivity contribution in [2.45, 2.75) is 64.0 Å². The number of pyridine rings is 1. The molecule has 2 N–H and O–H groups in total.